The second kappa shape index (κ2) is 6.76. The molecule has 0 atom stereocenters. The van der Waals surface area contributed by atoms with Crippen LogP contribution < -0.4 is 10.2 Å². The van der Waals surface area contributed by atoms with E-state index in [1.807, 2.05) is 18.2 Å². The molecule has 2 aromatic rings. The molecule has 0 bridgehead atoms. The fourth-order valence-corrected chi connectivity index (χ4v) is 3.44. The number of nitrogens with zero attached hydrogens (tertiary/aromatic N) is 3. The summed E-state index contributed by atoms with van der Waals surface area (Å²) in [5.41, 5.74) is 2.34. The maximum Gasteiger partial charge on any atom is 0.275 e. The van der Waals surface area contributed by atoms with Crippen LogP contribution in [0, 0.1) is 0 Å². The second-order valence-corrected chi connectivity index (χ2v) is 7.38. The van der Waals surface area contributed by atoms with E-state index in [1.165, 1.54) is 11.3 Å². The minimum atomic E-state index is -0.177. The Kier molecular flexibility index (Phi) is 4.75. The van der Waals surface area contributed by atoms with Gasteiger partial charge in [0.1, 0.15) is 5.69 Å². The molecule has 116 valence electrons. The highest BCUT2D eigenvalue weighted by Gasteiger charge is 2.18. The van der Waals surface area contributed by atoms with E-state index in [-0.39, 0.29) is 5.91 Å². The average Bonchev–Trinajstić information content (AvgIpc) is 2.95. The third kappa shape index (κ3) is 3.48. The van der Waals surface area contributed by atoms with Crippen LogP contribution in [0.2, 0.25) is 0 Å². The molecule has 0 radical (unpaired) electrons. The molecule has 1 fully saturated rings. The van der Waals surface area contributed by atoms with Crippen LogP contribution >= 0.6 is 27.3 Å². The first-order valence-corrected chi connectivity index (χ1v) is 8.75. The van der Waals surface area contributed by atoms with Crippen molar-refractivity contribution in [2.45, 2.75) is 0 Å². The van der Waals surface area contributed by atoms with Crippen molar-refractivity contribution in [1.82, 2.24) is 9.88 Å². The van der Waals surface area contributed by atoms with Crippen molar-refractivity contribution in [2.75, 3.05) is 43.4 Å². The molecule has 0 spiro atoms. The highest BCUT2D eigenvalue weighted by atomic mass is 79.9. The van der Waals surface area contributed by atoms with Crippen LogP contribution in [0.5, 0.6) is 0 Å². The van der Waals surface area contributed by atoms with Gasteiger partial charge in [-0.3, -0.25) is 4.79 Å². The molecule has 1 amide bonds. The van der Waals surface area contributed by atoms with Crippen LogP contribution in [0.1, 0.15) is 10.5 Å². The number of rotatable bonds is 3. The molecule has 0 saturated carbocycles. The molecule has 22 heavy (non-hydrogen) atoms. The number of nitrogens with one attached hydrogen (secondary N) is 1. The Hall–Kier alpha value is -1.44. The second-order valence-electron chi connectivity index (χ2n) is 5.25. The molecule has 0 unspecified atom stereocenters. The van der Waals surface area contributed by atoms with Gasteiger partial charge in [-0.1, -0.05) is 12.1 Å². The predicted octanol–water partition coefficient (Wildman–Crippen LogP) is 2.91. The molecule has 1 N–H and O–H groups in total. The summed E-state index contributed by atoms with van der Waals surface area (Å²) in [5.74, 6) is -0.177. The molecule has 5 nitrogen and oxygen atoms in total. The zero-order chi connectivity index (χ0) is 15.5. The van der Waals surface area contributed by atoms with Crippen LogP contribution in [0.4, 0.5) is 11.4 Å². The number of likely N-dealkylation sites (N-methyl/N-ethyl adjacent to an activating group) is 1. The lowest BCUT2D eigenvalue weighted by molar-refractivity contribution is 0.102. The Labute approximate surface area is 142 Å². The van der Waals surface area contributed by atoms with E-state index in [9.17, 15) is 4.79 Å². The number of halogens is 1. The SMILES string of the molecule is CN1CCN(c2ccccc2NC(=O)c2csc(Br)n2)CC1. The number of aromatic nitrogens is 1. The number of benzene rings is 1. The summed E-state index contributed by atoms with van der Waals surface area (Å²) in [4.78, 5) is 21.1. The third-order valence-electron chi connectivity index (χ3n) is 3.71. The fourth-order valence-electron chi connectivity index (χ4n) is 2.44. The van der Waals surface area contributed by atoms with E-state index in [1.54, 1.807) is 5.38 Å². The molecule has 1 aliphatic heterocycles. The fraction of sp³-hybridized carbons (Fsp3) is 0.333. The maximum atomic E-state index is 12.3. The van der Waals surface area contributed by atoms with Gasteiger partial charge < -0.3 is 15.1 Å². The first-order chi connectivity index (χ1) is 10.6. The summed E-state index contributed by atoms with van der Waals surface area (Å²) >= 11 is 4.69. The lowest BCUT2D eigenvalue weighted by Gasteiger charge is -2.35. The summed E-state index contributed by atoms with van der Waals surface area (Å²) in [6, 6.07) is 7.93. The van der Waals surface area contributed by atoms with E-state index < -0.39 is 0 Å². The summed E-state index contributed by atoms with van der Waals surface area (Å²) in [6.45, 7) is 3.99. The minimum absolute atomic E-state index is 0.177. The Morgan fingerprint density at radius 2 is 2.00 bits per heavy atom. The highest BCUT2D eigenvalue weighted by Crippen LogP contribution is 2.27. The standard InChI is InChI=1S/C15H17BrN4OS/c1-19-6-8-20(9-7-19)13-5-3-2-4-11(13)17-14(21)12-10-22-15(16)18-12/h2-5,10H,6-9H2,1H3,(H,17,21). The van der Waals surface area contributed by atoms with Crippen LogP contribution in [-0.2, 0) is 0 Å². The van der Waals surface area contributed by atoms with Gasteiger partial charge in [0.15, 0.2) is 3.92 Å². The summed E-state index contributed by atoms with van der Waals surface area (Å²) in [7, 11) is 2.13. The Balaban J connectivity index is 1.78. The van der Waals surface area contributed by atoms with Gasteiger partial charge in [0.2, 0.25) is 0 Å². The quantitative estimate of drug-likeness (QED) is 0.888. The zero-order valence-corrected chi connectivity index (χ0v) is 14.7. The molecule has 7 heteroatoms. The number of carbonyl (C=O) groups is 1. The number of carbonyl (C=O) groups excluding carboxylic acids is 1. The Morgan fingerprint density at radius 3 is 2.68 bits per heavy atom. The first kappa shape index (κ1) is 15.5. The number of hydrogen-bond acceptors (Lipinski definition) is 5. The average molecular weight is 381 g/mol. The number of thiazole rings is 1. The van der Waals surface area contributed by atoms with E-state index >= 15 is 0 Å². The molecule has 0 aliphatic carbocycles. The van der Waals surface area contributed by atoms with Gasteiger partial charge in [-0.2, -0.15) is 0 Å². The number of anilines is 2. The van der Waals surface area contributed by atoms with Gasteiger partial charge in [-0.05, 0) is 35.1 Å². The van der Waals surface area contributed by atoms with E-state index in [0.29, 0.717) is 9.61 Å². The number of amides is 1. The molecule has 3 rings (SSSR count). The highest BCUT2D eigenvalue weighted by molar-refractivity contribution is 9.11. The molecular formula is C15H17BrN4OS. The number of piperazine rings is 1. The van der Waals surface area contributed by atoms with Gasteiger partial charge in [0.25, 0.3) is 5.91 Å². The summed E-state index contributed by atoms with van der Waals surface area (Å²) < 4.78 is 0.713. The van der Waals surface area contributed by atoms with Crippen molar-refractivity contribution in [3.05, 3.63) is 39.3 Å². The zero-order valence-electron chi connectivity index (χ0n) is 12.3. The lowest BCUT2D eigenvalue weighted by atomic mass is 10.2. The Morgan fingerprint density at radius 1 is 1.27 bits per heavy atom. The van der Waals surface area contributed by atoms with Gasteiger partial charge in [-0.25, -0.2) is 4.98 Å². The van der Waals surface area contributed by atoms with Crippen LogP contribution in [-0.4, -0.2) is 49.0 Å². The summed E-state index contributed by atoms with van der Waals surface area (Å²) in [6.07, 6.45) is 0. The van der Waals surface area contributed by atoms with Gasteiger partial charge in [-0.15, -0.1) is 11.3 Å². The molecule has 1 saturated heterocycles. The molecule has 2 heterocycles. The molecule has 1 aromatic heterocycles. The van der Waals surface area contributed by atoms with E-state index in [4.69, 9.17) is 0 Å². The Bertz CT molecular complexity index is 667. The smallest absolute Gasteiger partial charge is 0.275 e. The number of hydrogen-bond donors (Lipinski definition) is 1. The monoisotopic (exact) mass is 380 g/mol. The third-order valence-corrected chi connectivity index (χ3v) is 5.07. The van der Waals surface area contributed by atoms with Crippen molar-refractivity contribution >= 4 is 44.5 Å². The molecule has 1 aliphatic rings. The van der Waals surface area contributed by atoms with Gasteiger partial charge in [0, 0.05) is 31.6 Å². The molecular weight excluding hydrogens is 364 g/mol. The van der Waals surface area contributed by atoms with E-state index in [0.717, 1.165) is 37.6 Å². The maximum absolute atomic E-state index is 12.3. The summed E-state index contributed by atoms with van der Waals surface area (Å²) in [5, 5.41) is 4.73. The van der Waals surface area contributed by atoms with Crippen LogP contribution in [0.25, 0.3) is 0 Å². The van der Waals surface area contributed by atoms with Crippen molar-refractivity contribution in [1.29, 1.82) is 0 Å². The van der Waals surface area contributed by atoms with E-state index in [2.05, 4.69) is 49.1 Å². The first-order valence-electron chi connectivity index (χ1n) is 7.08. The largest absolute Gasteiger partial charge is 0.367 e. The van der Waals surface area contributed by atoms with Crippen molar-refractivity contribution in [3.8, 4) is 0 Å². The van der Waals surface area contributed by atoms with Crippen LogP contribution in [0.3, 0.4) is 0 Å². The molecule has 1 aromatic carbocycles. The van der Waals surface area contributed by atoms with Crippen molar-refractivity contribution in [2.24, 2.45) is 0 Å². The normalized spacial score (nSPS) is 15.8. The predicted molar refractivity (Wildman–Crippen MR) is 93.9 cm³/mol. The van der Waals surface area contributed by atoms with Crippen LogP contribution in [0.15, 0.2) is 33.6 Å². The van der Waals surface area contributed by atoms with Gasteiger partial charge in [0.05, 0.1) is 11.4 Å². The lowest BCUT2D eigenvalue weighted by Crippen LogP contribution is -2.44. The van der Waals surface area contributed by atoms with Gasteiger partial charge >= 0.3 is 0 Å². The number of para-hydroxylation sites is 2. The van der Waals surface area contributed by atoms with Crippen molar-refractivity contribution in [3.63, 3.8) is 0 Å². The minimum Gasteiger partial charge on any atom is -0.367 e. The van der Waals surface area contributed by atoms with Crippen molar-refractivity contribution < 1.29 is 4.79 Å². The topological polar surface area (TPSA) is 48.5 Å².